The van der Waals surface area contributed by atoms with E-state index in [9.17, 15) is 9.59 Å². The van der Waals surface area contributed by atoms with E-state index in [1.54, 1.807) is 4.90 Å². The van der Waals surface area contributed by atoms with E-state index in [4.69, 9.17) is 4.74 Å². The smallest absolute Gasteiger partial charge is 0.258 e. The summed E-state index contributed by atoms with van der Waals surface area (Å²) in [4.78, 5) is 28.6. The van der Waals surface area contributed by atoms with Crippen LogP contribution in [0.2, 0.25) is 0 Å². The van der Waals surface area contributed by atoms with Gasteiger partial charge < -0.3 is 19.9 Å². The first kappa shape index (κ1) is 21.7. The maximum absolute atomic E-state index is 12.4. The Morgan fingerprint density at radius 1 is 1.03 bits per heavy atom. The summed E-state index contributed by atoms with van der Waals surface area (Å²) in [7, 11) is 0. The molecule has 6 nitrogen and oxygen atoms in total. The van der Waals surface area contributed by atoms with Gasteiger partial charge in [-0.25, -0.2) is 0 Å². The first-order chi connectivity index (χ1) is 14.4. The number of anilines is 1. The van der Waals surface area contributed by atoms with Gasteiger partial charge in [0.2, 0.25) is 5.91 Å². The third-order valence-electron chi connectivity index (χ3n) is 5.42. The van der Waals surface area contributed by atoms with Crippen LogP contribution >= 0.6 is 0 Å². The highest BCUT2D eigenvalue weighted by Crippen LogP contribution is 2.23. The predicted octanol–water partition coefficient (Wildman–Crippen LogP) is 2.96. The van der Waals surface area contributed by atoms with Crippen molar-refractivity contribution in [3.8, 4) is 5.75 Å². The number of nitrogens with one attached hydrogen (secondary N) is 1. The number of rotatable bonds is 7. The van der Waals surface area contributed by atoms with E-state index in [0.717, 1.165) is 18.7 Å². The highest BCUT2D eigenvalue weighted by Gasteiger charge is 2.21. The zero-order valence-corrected chi connectivity index (χ0v) is 18.1. The van der Waals surface area contributed by atoms with Gasteiger partial charge in [0.05, 0.1) is 6.54 Å². The van der Waals surface area contributed by atoms with E-state index >= 15 is 0 Å². The average molecular weight is 410 g/mol. The molecular weight excluding hydrogens is 378 g/mol. The molecule has 1 fully saturated rings. The highest BCUT2D eigenvalue weighted by molar-refractivity contribution is 5.85. The summed E-state index contributed by atoms with van der Waals surface area (Å²) in [5, 5.41) is 2.67. The number of piperazine rings is 1. The number of carbonyl (C=O) groups excluding carboxylic acids is 2. The van der Waals surface area contributed by atoms with Crippen LogP contribution in [-0.2, 0) is 9.59 Å². The SMILES string of the molecule is Cc1cc(OCC(=O)NCC(=O)N2CCN(c3ccccc3)CC2)ccc1C(C)C. The van der Waals surface area contributed by atoms with E-state index in [1.807, 2.05) is 43.3 Å². The molecule has 1 saturated heterocycles. The Kier molecular flexibility index (Phi) is 7.33. The van der Waals surface area contributed by atoms with Crippen LogP contribution < -0.4 is 15.0 Å². The van der Waals surface area contributed by atoms with Crippen LogP contribution in [0.3, 0.4) is 0 Å². The maximum atomic E-state index is 12.4. The largest absolute Gasteiger partial charge is 0.484 e. The molecule has 0 saturated carbocycles. The highest BCUT2D eigenvalue weighted by atomic mass is 16.5. The molecule has 0 aliphatic carbocycles. The molecular formula is C24H31N3O3. The summed E-state index contributed by atoms with van der Waals surface area (Å²) in [6.07, 6.45) is 0. The van der Waals surface area contributed by atoms with Gasteiger partial charge in [0.15, 0.2) is 6.61 Å². The van der Waals surface area contributed by atoms with Crippen molar-refractivity contribution in [2.24, 2.45) is 0 Å². The maximum Gasteiger partial charge on any atom is 0.258 e. The molecule has 2 aromatic carbocycles. The first-order valence-electron chi connectivity index (χ1n) is 10.5. The van der Waals surface area contributed by atoms with Crippen LogP contribution in [0, 0.1) is 6.92 Å². The standard InChI is InChI=1S/C24H31N3O3/c1-18(2)22-10-9-21(15-19(22)3)30-17-23(28)25-16-24(29)27-13-11-26(12-14-27)20-7-5-4-6-8-20/h4-10,15,18H,11-14,16-17H2,1-3H3,(H,25,28). The number of para-hydroxylation sites is 1. The van der Waals surface area contributed by atoms with Crippen molar-refractivity contribution in [1.29, 1.82) is 0 Å². The Morgan fingerprint density at radius 3 is 2.37 bits per heavy atom. The van der Waals surface area contributed by atoms with Crippen molar-refractivity contribution in [2.45, 2.75) is 26.7 Å². The first-order valence-corrected chi connectivity index (χ1v) is 10.5. The van der Waals surface area contributed by atoms with Crippen LogP contribution in [0.25, 0.3) is 0 Å². The van der Waals surface area contributed by atoms with E-state index in [-0.39, 0.29) is 25.0 Å². The fraction of sp³-hybridized carbons (Fsp3) is 0.417. The molecule has 0 radical (unpaired) electrons. The van der Waals surface area contributed by atoms with Crippen molar-refractivity contribution in [3.05, 3.63) is 59.7 Å². The second-order valence-corrected chi connectivity index (χ2v) is 7.94. The van der Waals surface area contributed by atoms with Crippen LogP contribution in [0.1, 0.15) is 30.9 Å². The second-order valence-electron chi connectivity index (χ2n) is 7.94. The van der Waals surface area contributed by atoms with Crippen LogP contribution in [-0.4, -0.2) is 56.0 Å². The van der Waals surface area contributed by atoms with Gasteiger partial charge in [0.25, 0.3) is 5.91 Å². The number of hydrogen-bond acceptors (Lipinski definition) is 4. The summed E-state index contributed by atoms with van der Waals surface area (Å²) < 4.78 is 5.58. The minimum Gasteiger partial charge on any atom is -0.484 e. The Bertz CT molecular complexity index is 859. The fourth-order valence-corrected chi connectivity index (χ4v) is 3.72. The molecule has 6 heteroatoms. The predicted molar refractivity (Wildman–Crippen MR) is 119 cm³/mol. The van der Waals surface area contributed by atoms with E-state index < -0.39 is 0 Å². The van der Waals surface area contributed by atoms with Gasteiger partial charge in [-0.05, 0) is 48.2 Å². The summed E-state index contributed by atoms with van der Waals surface area (Å²) in [5.74, 6) is 0.753. The quantitative estimate of drug-likeness (QED) is 0.764. The zero-order chi connectivity index (χ0) is 21.5. The van der Waals surface area contributed by atoms with Gasteiger partial charge in [0.1, 0.15) is 5.75 Å². The van der Waals surface area contributed by atoms with E-state index in [0.29, 0.717) is 24.8 Å². The zero-order valence-electron chi connectivity index (χ0n) is 18.1. The number of amides is 2. The molecule has 30 heavy (non-hydrogen) atoms. The number of nitrogens with zero attached hydrogens (tertiary/aromatic N) is 2. The molecule has 0 bridgehead atoms. The van der Waals surface area contributed by atoms with Gasteiger partial charge in [-0.2, -0.15) is 0 Å². The van der Waals surface area contributed by atoms with Crippen LogP contribution in [0.15, 0.2) is 48.5 Å². The lowest BCUT2D eigenvalue weighted by Gasteiger charge is -2.36. The summed E-state index contributed by atoms with van der Waals surface area (Å²) in [6.45, 7) is 9.12. The Morgan fingerprint density at radius 2 is 1.73 bits per heavy atom. The van der Waals surface area contributed by atoms with Crippen molar-refractivity contribution < 1.29 is 14.3 Å². The number of benzene rings is 2. The lowest BCUT2D eigenvalue weighted by molar-refractivity contribution is -0.133. The van der Waals surface area contributed by atoms with Gasteiger partial charge in [-0.1, -0.05) is 38.1 Å². The third-order valence-corrected chi connectivity index (χ3v) is 5.42. The topological polar surface area (TPSA) is 61.9 Å². The molecule has 160 valence electrons. The minimum absolute atomic E-state index is 0.00115. The molecule has 1 aliphatic rings. The molecule has 0 aromatic heterocycles. The molecule has 0 spiro atoms. The number of hydrogen-bond donors (Lipinski definition) is 1. The number of carbonyl (C=O) groups is 2. The van der Waals surface area contributed by atoms with Crippen LogP contribution in [0.4, 0.5) is 5.69 Å². The molecule has 1 aliphatic heterocycles. The lowest BCUT2D eigenvalue weighted by Crippen LogP contribution is -2.51. The Balaban J connectivity index is 1.39. The van der Waals surface area contributed by atoms with Gasteiger partial charge in [-0.3, -0.25) is 9.59 Å². The molecule has 3 rings (SSSR count). The molecule has 0 atom stereocenters. The molecule has 0 unspecified atom stereocenters. The molecule has 2 amide bonds. The molecule has 1 heterocycles. The van der Waals surface area contributed by atoms with Crippen molar-refractivity contribution in [1.82, 2.24) is 10.2 Å². The third kappa shape index (κ3) is 5.75. The average Bonchev–Trinajstić information content (AvgIpc) is 2.76. The molecule has 1 N–H and O–H groups in total. The number of aryl methyl sites for hydroxylation is 1. The summed E-state index contributed by atoms with van der Waals surface area (Å²) in [5.41, 5.74) is 3.59. The summed E-state index contributed by atoms with van der Waals surface area (Å²) >= 11 is 0. The Hall–Kier alpha value is -3.02. The van der Waals surface area contributed by atoms with Crippen molar-refractivity contribution >= 4 is 17.5 Å². The normalized spacial score (nSPS) is 14.0. The Labute approximate surface area is 178 Å². The van der Waals surface area contributed by atoms with Crippen molar-refractivity contribution in [2.75, 3.05) is 44.2 Å². The van der Waals surface area contributed by atoms with Crippen molar-refractivity contribution in [3.63, 3.8) is 0 Å². The lowest BCUT2D eigenvalue weighted by atomic mass is 9.98. The van der Waals surface area contributed by atoms with Gasteiger partial charge in [-0.15, -0.1) is 0 Å². The van der Waals surface area contributed by atoms with Crippen LogP contribution in [0.5, 0.6) is 5.75 Å². The number of ether oxygens (including phenoxy) is 1. The minimum atomic E-state index is -0.295. The summed E-state index contributed by atoms with van der Waals surface area (Å²) in [6, 6.07) is 16.1. The fourth-order valence-electron chi connectivity index (χ4n) is 3.72. The second kappa shape index (κ2) is 10.1. The molecule has 2 aromatic rings. The monoisotopic (exact) mass is 409 g/mol. The van der Waals surface area contributed by atoms with E-state index in [2.05, 4.69) is 36.2 Å². The van der Waals surface area contributed by atoms with E-state index in [1.165, 1.54) is 11.3 Å². The van der Waals surface area contributed by atoms with Gasteiger partial charge in [0, 0.05) is 31.9 Å². The van der Waals surface area contributed by atoms with Gasteiger partial charge >= 0.3 is 0 Å².